The number of hydrogen-bond donors (Lipinski definition) is 3. The molecule has 4 heterocycles. The maximum atomic E-state index is 13.4. The highest BCUT2D eigenvalue weighted by Gasteiger charge is 2.33. The number of pyridine rings is 1. The summed E-state index contributed by atoms with van der Waals surface area (Å²) in [6.45, 7) is 3.48. The van der Waals surface area contributed by atoms with Gasteiger partial charge in [-0.25, -0.2) is 9.78 Å². The van der Waals surface area contributed by atoms with Crippen molar-refractivity contribution in [3.8, 4) is 11.5 Å². The molecule has 38 heavy (non-hydrogen) atoms. The van der Waals surface area contributed by atoms with E-state index in [0.717, 1.165) is 35.4 Å². The first-order chi connectivity index (χ1) is 18.1. The number of para-hydroxylation sites is 1. The molecule has 4 aromatic rings. The number of carbonyl (C=O) groups excluding carboxylic acids is 2. The minimum absolute atomic E-state index is 0. The zero-order valence-corrected chi connectivity index (χ0v) is 22.7. The number of ether oxygens (including phenoxy) is 1. The zero-order valence-electron chi connectivity index (χ0n) is 20.9. The van der Waals surface area contributed by atoms with E-state index in [1.807, 2.05) is 61.5 Å². The SMILES string of the molecule is Cc1cc(Oc2ccccc2)ccc1N1C(=O)Nc2c(C(=O)NC[C@@H]3CCCCN3)sc3nccc1c23.S. The predicted molar refractivity (Wildman–Crippen MR) is 157 cm³/mol. The van der Waals surface area contributed by atoms with Gasteiger partial charge in [0.15, 0.2) is 0 Å². The van der Waals surface area contributed by atoms with Crippen molar-refractivity contribution in [2.45, 2.75) is 32.2 Å². The molecule has 196 valence electrons. The van der Waals surface area contributed by atoms with Crippen molar-refractivity contribution in [3.63, 3.8) is 0 Å². The van der Waals surface area contributed by atoms with Gasteiger partial charge in [-0.15, -0.1) is 11.3 Å². The van der Waals surface area contributed by atoms with Gasteiger partial charge in [-0.05, 0) is 68.3 Å². The number of nitrogens with zero attached hydrogens (tertiary/aromatic N) is 2. The number of piperidine rings is 1. The maximum Gasteiger partial charge on any atom is 0.331 e. The molecule has 2 aromatic heterocycles. The molecule has 2 aliphatic heterocycles. The Morgan fingerprint density at radius 1 is 1.13 bits per heavy atom. The first kappa shape index (κ1) is 26.0. The molecular formula is C28H29N5O3S2. The van der Waals surface area contributed by atoms with Crippen LogP contribution in [0.3, 0.4) is 0 Å². The fourth-order valence-electron chi connectivity index (χ4n) is 4.94. The van der Waals surface area contributed by atoms with Crippen LogP contribution in [0.25, 0.3) is 10.2 Å². The first-order valence-electron chi connectivity index (χ1n) is 12.5. The molecule has 3 amide bonds. The van der Waals surface area contributed by atoms with E-state index in [2.05, 4.69) is 20.9 Å². The monoisotopic (exact) mass is 547 g/mol. The van der Waals surface area contributed by atoms with Gasteiger partial charge in [0.2, 0.25) is 0 Å². The van der Waals surface area contributed by atoms with Crippen molar-refractivity contribution in [2.75, 3.05) is 23.3 Å². The van der Waals surface area contributed by atoms with E-state index in [1.165, 1.54) is 24.2 Å². The van der Waals surface area contributed by atoms with Gasteiger partial charge >= 0.3 is 6.03 Å². The summed E-state index contributed by atoms with van der Waals surface area (Å²) in [6, 6.07) is 17.0. The number of rotatable bonds is 6. The highest BCUT2D eigenvalue weighted by Crippen LogP contribution is 2.46. The number of carbonyl (C=O) groups is 2. The van der Waals surface area contributed by atoms with E-state index in [0.29, 0.717) is 33.4 Å². The molecule has 1 saturated heterocycles. The van der Waals surface area contributed by atoms with E-state index < -0.39 is 0 Å². The predicted octanol–water partition coefficient (Wildman–Crippen LogP) is 6.07. The molecule has 2 aromatic carbocycles. The van der Waals surface area contributed by atoms with Gasteiger partial charge in [0.1, 0.15) is 21.2 Å². The van der Waals surface area contributed by atoms with Crippen LogP contribution >= 0.6 is 24.8 Å². The second-order valence-corrected chi connectivity index (χ2v) is 10.3. The van der Waals surface area contributed by atoms with E-state index in [1.54, 1.807) is 11.1 Å². The summed E-state index contributed by atoms with van der Waals surface area (Å²) in [5.41, 5.74) is 2.84. The van der Waals surface area contributed by atoms with Crippen LogP contribution in [0.1, 0.15) is 34.5 Å². The first-order valence-corrected chi connectivity index (χ1v) is 13.3. The number of aromatic nitrogens is 1. The lowest BCUT2D eigenvalue weighted by Gasteiger charge is -2.29. The second kappa shape index (κ2) is 11.0. The van der Waals surface area contributed by atoms with Crippen LogP contribution in [-0.4, -0.2) is 36.1 Å². The zero-order chi connectivity index (χ0) is 25.4. The number of amides is 3. The third-order valence-electron chi connectivity index (χ3n) is 6.76. The van der Waals surface area contributed by atoms with Crippen LogP contribution in [0.5, 0.6) is 11.5 Å². The molecule has 1 atom stereocenters. The number of thiophene rings is 1. The highest BCUT2D eigenvalue weighted by atomic mass is 32.1. The third kappa shape index (κ3) is 4.94. The van der Waals surface area contributed by atoms with Crippen molar-refractivity contribution in [2.24, 2.45) is 0 Å². The maximum absolute atomic E-state index is 13.4. The summed E-state index contributed by atoms with van der Waals surface area (Å²) in [5.74, 6) is 1.24. The number of urea groups is 1. The molecule has 0 radical (unpaired) electrons. The molecule has 0 unspecified atom stereocenters. The fourth-order valence-corrected chi connectivity index (χ4v) is 5.98. The molecule has 8 nitrogen and oxygen atoms in total. The summed E-state index contributed by atoms with van der Waals surface area (Å²) in [4.78, 5) is 33.9. The van der Waals surface area contributed by atoms with Gasteiger partial charge in [-0.2, -0.15) is 13.5 Å². The van der Waals surface area contributed by atoms with Crippen molar-refractivity contribution in [1.82, 2.24) is 15.6 Å². The number of hydrogen-bond acceptors (Lipinski definition) is 6. The Hall–Kier alpha value is -3.60. The Balaban J connectivity index is 0.00000294. The summed E-state index contributed by atoms with van der Waals surface area (Å²) in [6.07, 6.45) is 5.06. The lowest BCUT2D eigenvalue weighted by atomic mass is 10.1. The molecule has 0 spiro atoms. The standard InChI is InChI=1S/C28H27N5O3S.H2S/c1-17-15-20(36-19-8-3-2-4-9-19)10-11-21(17)33-22-12-14-30-27-23(22)24(32-28(33)35)25(37-27)26(34)31-16-18-7-5-6-13-29-18;/h2-4,8-12,14-15,18,29H,5-7,13,16H2,1H3,(H,31,34)(H,32,35);1H2/t18-;/m0./s1. The van der Waals surface area contributed by atoms with Gasteiger partial charge in [0.05, 0.1) is 22.4 Å². The molecule has 0 saturated carbocycles. The topological polar surface area (TPSA) is 95.6 Å². The lowest BCUT2D eigenvalue weighted by Crippen LogP contribution is -2.43. The lowest BCUT2D eigenvalue weighted by molar-refractivity contribution is 0.0952. The summed E-state index contributed by atoms with van der Waals surface area (Å²) in [5, 5.41) is 10.2. The summed E-state index contributed by atoms with van der Waals surface area (Å²) >= 11 is 1.30. The third-order valence-corrected chi connectivity index (χ3v) is 7.86. The van der Waals surface area contributed by atoms with Crippen LogP contribution in [0.2, 0.25) is 0 Å². The minimum Gasteiger partial charge on any atom is -0.457 e. The van der Waals surface area contributed by atoms with E-state index in [9.17, 15) is 9.59 Å². The van der Waals surface area contributed by atoms with Crippen molar-refractivity contribution in [1.29, 1.82) is 0 Å². The van der Waals surface area contributed by atoms with Crippen LogP contribution in [0.4, 0.5) is 21.9 Å². The van der Waals surface area contributed by atoms with E-state index in [-0.39, 0.29) is 31.5 Å². The van der Waals surface area contributed by atoms with Crippen LogP contribution in [-0.2, 0) is 0 Å². The Morgan fingerprint density at radius 2 is 1.97 bits per heavy atom. The number of benzene rings is 2. The van der Waals surface area contributed by atoms with Crippen LogP contribution < -0.4 is 25.6 Å². The molecule has 0 bridgehead atoms. The van der Waals surface area contributed by atoms with Crippen molar-refractivity contribution in [3.05, 3.63) is 71.2 Å². The second-order valence-electron chi connectivity index (χ2n) is 9.30. The average molecular weight is 548 g/mol. The summed E-state index contributed by atoms with van der Waals surface area (Å²) < 4.78 is 5.96. The van der Waals surface area contributed by atoms with E-state index in [4.69, 9.17) is 4.74 Å². The Kier molecular flexibility index (Phi) is 7.55. The number of anilines is 3. The quantitative estimate of drug-likeness (QED) is 0.273. The molecule has 3 N–H and O–H groups in total. The Labute approximate surface area is 231 Å². The molecule has 1 fully saturated rings. The van der Waals surface area contributed by atoms with Crippen molar-refractivity contribution >= 4 is 64.0 Å². The molecular weight excluding hydrogens is 518 g/mol. The fraction of sp³-hybridized carbons (Fsp3) is 0.250. The Bertz CT molecular complexity index is 1480. The van der Waals surface area contributed by atoms with Crippen LogP contribution in [0.15, 0.2) is 60.8 Å². The van der Waals surface area contributed by atoms with Gasteiger partial charge in [0.25, 0.3) is 5.91 Å². The Morgan fingerprint density at radius 3 is 2.74 bits per heavy atom. The normalized spacial score (nSPS) is 16.5. The van der Waals surface area contributed by atoms with Gasteiger partial charge in [-0.1, -0.05) is 24.6 Å². The van der Waals surface area contributed by atoms with Crippen molar-refractivity contribution < 1.29 is 14.3 Å². The summed E-state index contributed by atoms with van der Waals surface area (Å²) in [7, 11) is 0. The highest BCUT2D eigenvalue weighted by molar-refractivity contribution is 7.59. The molecule has 2 aliphatic rings. The number of aryl methyl sites for hydroxylation is 1. The van der Waals surface area contributed by atoms with Gasteiger partial charge in [0, 0.05) is 18.8 Å². The van der Waals surface area contributed by atoms with Gasteiger partial charge in [-0.3, -0.25) is 9.69 Å². The molecule has 10 heteroatoms. The largest absolute Gasteiger partial charge is 0.457 e. The smallest absolute Gasteiger partial charge is 0.331 e. The molecule has 0 aliphatic carbocycles. The van der Waals surface area contributed by atoms with E-state index >= 15 is 0 Å². The van der Waals surface area contributed by atoms with Gasteiger partial charge < -0.3 is 20.7 Å². The number of nitrogens with one attached hydrogen (secondary N) is 3. The minimum atomic E-state index is -0.318. The molecule has 6 rings (SSSR count). The van der Waals surface area contributed by atoms with Crippen LogP contribution in [0, 0.1) is 6.92 Å². The average Bonchev–Trinajstić information content (AvgIpc) is 3.29.